The highest BCUT2D eigenvalue weighted by Gasteiger charge is 2.16. The van der Waals surface area contributed by atoms with Crippen molar-refractivity contribution in [3.8, 4) is 0 Å². The van der Waals surface area contributed by atoms with Gasteiger partial charge in [0.25, 0.3) is 0 Å². The molecule has 0 saturated carbocycles. The third-order valence-corrected chi connectivity index (χ3v) is 3.78. The highest BCUT2D eigenvalue weighted by molar-refractivity contribution is 9.10. The van der Waals surface area contributed by atoms with Crippen LogP contribution in [0, 0.1) is 5.41 Å². The molecule has 1 aromatic heterocycles. The van der Waals surface area contributed by atoms with Crippen LogP contribution in [-0.2, 0) is 0 Å². The van der Waals surface area contributed by atoms with Gasteiger partial charge in [0.15, 0.2) is 0 Å². The summed E-state index contributed by atoms with van der Waals surface area (Å²) in [5, 5.41) is 6.72. The van der Waals surface area contributed by atoms with E-state index in [2.05, 4.69) is 46.5 Å². The zero-order valence-electron chi connectivity index (χ0n) is 8.64. The maximum atomic E-state index is 5.56. The molecular weight excluding hydrogens is 260 g/mol. The van der Waals surface area contributed by atoms with Crippen LogP contribution in [0.3, 0.4) is 0 Å². The lowest BCUT2D eigenvalue weighted by Crippen LogP contribution is -2.25. The number of rotatable bonds is 5. The summed E-state index contributed by atoms with van der Waals surface area (Å²) in [7, 11) is 0. The van der Waals surface area contributed by atoms with E-state index in [0.717, 1.165) is 24.0 Å². The molecule has 1 rings (SSSR count). The monoisotopic (exact) mass is 276 g/mol. The van der Waals surface area contributed by atoms with Crippen LogP contribution in [-0.4, -0.2) is 13.1 Å². The summed E-state index contributed by atoms with van der Waals surface area (Å²) in [6, 6.07) is 2.10. The Balaban J connectivity index is 2.40. The number of hydrogen-bond acceptors (Lipinski definition) is 3. The summed E-state index contributed by atoms with van der Waals surface area (Å²) in [6.45, 7) is 6.19. The number of hydrogen-bond donors (Lipinski definition) is 2. The molecule has 3 N–H and O–H groups in total. The average Bonchev–Trinajstić information content (AvgIpc) is 2.48. The standard InChI is InChI=1S/C10H17BrN2S/c1-10(2,3-4-12)7-13-9-5-8(11)6-14-9/h5-6,13H,3-4,7,12H2,1-2H3. The molecule has 0 spiro atoms. The molecule has 0 atom stereocenters. The molecule has 0 radical (unpaired) electrons. The van der Waals surface area contributed by atoms with Crippen molar-refractivity contribution < 1.29 is 0 Å². The lowest BCUT2D eigenvalue weighted by molar-refractivity contribution is 0.365. The first kappa shape index (κ1) is 12.0. The van der Waals surface area contributed by atoms with Gasteiger partial charge < -0.3 is 11.1 Å². The van der Waals surface area contributed by atoms with Crippen molar-refractivity contribution >= 4 is 32.3 Å². The van der Waals surface area contributed by atoms with Gasteiger partial charge in [-0.05, 0) is 40.4 Å². The molecule has 0 saturated heterocycles. The van der Waals surface area contributed by atoms with Gasteiger partial charge in [0.2, 0.25) is 0 Å². The van der Waals surface area contributed by atoms with Gasteiger partial charge in [-0.1, -0.05) is 13.8 Å². The van der Waals surface area contributed by atoms with Gasteiger partial charge in [-0.15, -0.1) is 11.3 Å². The molecule has 0 aliphatic carbocycles. The second kappa shape index (κ2) is 5.14. The molecule has 0 aliphatic rings. The molecular formula is C10H17BrN2S. The average molecular weight is 277 g/mol. The lowest BCUT2D eigenvalue weighted by atomic mass is 9.89. The van der Waals surface area contributed by atoms with Crippen LogP contribution in [0.4, 0.5) is 5.00 Å². The van der Waals surface area contributed by atoms with E-state index < -0.39 is 0 Å². The van der Waals surface area contributed by atoms with E-state index in [1.165, 1.54) is 5.00 Å². The quantitative estimate of drug-likeness (QED) is 0.866. The van der Waals surface area contributed by atoms with Crippen molar-refractivity contribution in [2.75, 3.05) is 18.4 Å². The number of thiophene rings is 1. The Bertz CT molecular complexity index is 283. The van der Waals surface area contributed by atoms with Crippen molar-refractivity contribution in [3.05, 3.63) is 15.9 Å². The minimum atomic E-state index is 0.269. The van der Waals surface area contributed by atoms with Crippen molar-refractivity contribution in [3.63, 3.8) is 0 Å². The van der Waals surface area contributed by atoms with Crippen LogP contribution in [0.2, 0.25) is 0 Å². The molecule has 80 valence electrons. The van der Waals surface area contributed by atoms with E-state index in [0.29, 0.717) is 0 Å². The first-order valence-corrected chi connectivity index (χ1v) is 6.39. The van der Waals surface area contributed by atoms with Crippen molar-refractivity contribution in [2.45, 2.75) is 20.3 Å². The van der Waals surface area contributed by atoms with Crippen LogP contribution in [0.5, 0.6) is 0 Å². The number of anilines is 1. The van der Waals surface area contributed by atoms with E-state index in [1.807, 2.05) is 0 Å². The Morgan fingerprint density at radius 2 is 2.29 bits per heavy atom. The lowest BCUT2D eigenvalue weighted by Gasteiger charge is -2.24. The van der Waals surface area contributed by atoms with E-state index in [9.17, 15) is 0 Å². The largest absolute Gasteiger partial charge is 0.376 e. The molecule has 0 unspecified atom stereocenters. The van der Waals surface area contributed by atoms with Crippen LogP contribution in [0.25, 0.3) is 0 Å². The first-order chi connectivity index (χ1) is 6.53. The minimum absolute atomic E-state index is 0.269. The van der Waals surface area contributed by atoms with Gasteiger partial charge in [-0.25, -0.2) is 0 Å². The van der Waals surface area contributed by atoms with Crippen molar-refractivity contribution in [1.29, 1.82) is 0 Å². The summed E-state index contributed by atoms with van der Waals surface area (Å²) >= 11 is 5.15. The van der Waals surface area contributed by atoms with Gasteiger partial charge in [-0.2, -0.15) is 0 Å². The van der Waals surface area contributed by atoms with Gasteiger partial charge in [0, 0.05) is 16.4 Å². The first-order valence-electron chi connectivity index (χ1n) is 4.71. The second-order valence-corrected chi connectivity index (χ2v) is 6.01. The molecule has 0 aliphatic heterocycles. The fraction of sp³-hybridized carbons (Fsp3) is 0.600. The highest BCUT2D eigenvalue weighted by atomic mass is 79.9. The fourth-order valence-electron chi connectivity index (χ4n) is 1.21. The normalized spacial score (nSPS) is 11.7. The predicted octanol–water partition coefficient (Wildman–Crippen LogP) is 3.30. The summed E-state index contributed by atoms with van der Waals surface area (Å²) < 4.78 is 1.14. The van der Waals surface area contributed by atoms with Crippen LogP contribution in [0.15, 0.2) is 15.9 Å². The Morgan fingerprint density at radius 3 is 2.79 bits per heavy atom. The predicted molar refractivity (Wildman–Crippen MR) is 68.0 cm³/mol. The molecule has 1 heterocycles. The van der Waals surface area contributed by atoms with Gasteiger partial charge in [-0.3, -0.25) is 0 Å². The molecule has 4 heteroatoms. The number of nitrogens with two attached hydrogens (primary N) is 1. The van der Waals surface area contributed by atoms with Gasteiger partial charge in [0.1, 0.15) is 0 Å². The molecule has 0 aromatic carbocycles. The Kier molecular flexibility index (Phi) is 4.41. The van der Waals surface area contributed by atoms with Crippen molar-refractivity contribution in [2.24, 2.45) is 11.1 Å². The van der Waals surface area contributed by atoms with Crippen molar-refractivity contribution in [1.82, 2.24) is 0 Å². The third kappa shape index (κ3) is 3.98. The van der Waals surface area contributed by atoms with Crippen LogP contribution >= 0.6 is 27.3 Å². The summed E-state index contributed by atoms with van der Waals surface area (Å²) in [6.07, 6.45) is 1.05. The highest BCUT2D eigenvalue weighted by Crippen LogP contribution is 2.26. The molecule has 0 bridgehead atoms. The van der Waals surface area contributed by atoms with E-state index in [-0.39, 0.29) is 5.41 Å². The fourth-order valence-corrected chi connectivity index (χ4v) is 2.53. The zero-order chi connectivity index (χ0) is 10.6. The molecule has 2 nitrogen and oxygen atoms in total. The summed E-state index contributed by atoms with van der Waals surface area (Å²) in [5.74, 6) is 0. The smallest absolute Gasteiger partial charge is 0.0894 e. The van der Waals surface area contributed by atoms with Gasteiger partial charge in [0.05, 0.1) is 5.00 Å². The van der Waals surface area contributed by atoms with E-state index in [1.54, 1.807) is 11.3 Å². The molecule has 1 aromatic rings. The maximum absolute atomic E-state index is 5.56. The molecule has 0 amide bonds. The van der Waals surface area contributed by atoms with E-state index in [4.69, 9.17) is 5.73 Å². The summed E-state index contributed by atoms with van der Waals surface area (Å²) in [5.41, 5.74) is 5.82. The number of nitrogens with one attached hydrogen (secondary N) is 1. The Labute approximate surface area is 98.0 Å². The Hall–Kier alpha value is -0.0600. The van der Waals surface area contributed by atoms with Crippen LogP contribution < -0.4 is 11.1 Å². The third-order valence-electron chi connectivity index (χ3n) is 2.13. The van der Waals surface area contributed by atoms with E-state index >= 15 is 0 Å². The molecule has 0 fully saturated rings. The zero-order valence-corrected chi connectivity index (χ0v) is 11.0. The van der Waals surface area contributed by atoms with Gasteiger partial charge >= 0.3 is 0 Å². The van der Waals surface area contributed by atoms with Crippen LogP contribution in [0.1, 0.15) is 20.3 Å². The second-order valence-electron chi connectivity index (χ2n) is 4.19. The minimum Gasteiger partial charge on any atom is -0.376 e. The summed E-state index contributed by atoms with van der Waals surface area (Å²) in [4.78, 5) is 0. The topological polar surface area (TPSA) is 38.0 Å². The number of halogens is 1. The SMILES string of the molecule is CC(C)(CCN)CNc1cc(Br)cs1. The Morgan fingerprint density at radius 1 is 1.57 bits per heavy atom. The molecule has 14 heavy (non-hydrogen) atoms. The maximum Gasteiger partial charge on any atom is 0.0894 e.